The van der Waals surface area contributed by atoms with E-state index in [1.54, 1.807) is 17.5 Å². The maximum atomic E-state index is 12.2. The summed E-state index contributed by atoms with van der Waals surface area (Å²) >= 11 is 1.70. The van der Waals surface area contributed by atoms with Crippen molar-refractivity contribution in [1.29, 1.82) is 0 Å². The van der Waals surface area contributed by atoms with E-state index in [-0.39, 0.29) is 5.91 Å². The van der Waals surface area contributed by atoms with Crippen LogP contribution in [-0.4, -0.2) is 21.1 Å². The number of aromatic nitrogens is 3. The molecule has 4 rings (SSSR count). The molecule has 2 aromatic heterocycles. The van der Waals surface area contributed by atoms with E-state index in [1.807, 2.05) is 48.5 Å². The molecule has 26 heavy (non-hydrogen) atoms. The van der Waals surface area contributed by atoms with Crippen molar-refractivity contribution in [1.82, 2.24) is 15.2 Å². The second kappa shape index (κ2) is 7.49. The number of nitrogens with one attached hydrogen (secondary N) is 2. The van der Waals surface area contributed by atoms with E-state index in [2.05, 4.69) is 26.6 Å². The van der Waals surface area contributed by atoms with Gasteiger partial charge in [-0.2, -0.15) is 5.10 Å². The number of hydrogen-bond donors (Lipinski definition) is 2. The van der Waals surface area contributed by atoms with Crippen LogP contribution in [-0.2, 0) is 11.2 Å². The number of amides is 1. The number of anilines is 1. The van der Waals surface area contributed by atoms with Gasteiger partial charge in [0.05, 0.1) is 20.9 Å². The lowest BCUT2D eigenvalue weighted by molar-refractivity contribution is -0.116. The van der Waals surface area contributed by atoms with E-state index in [0.717, 1.165) is 40.3 Å². The summed E-state index contributed by atoms with van der Waals surface area (Å²) in [4.78, 5) is 16.8. The fraction of sp³-hybridized carbons (Fsp3) is 0.150. The normalized spacial score (nSPS) is 10.9. The summed E-state index contributed by atoms with van der Waals surface area (Å²) in [5.74, 6) is 0.0212. The number of rotatable bonds is 6. The lowest BCUT2D eigenvalue weighted by atomic mass is 10.1. The van der Waals surface area contributed by atoms with Crippen molar-refractivity contribution in [2.45, 2.75) is 19.3 Å². The van der Waals surface area contributed by atoms with Crippen LogP contribution >= 0.6 is 11.3 Å². The maximum Gasteiger partial charge on any atom is 0.224 e. The van der Waals surface area contributed by atoms with Crippen LogP contribution in [0, 0.1) is 0 Å². The predicted octanol–water partition coefficient (Wildman–Crippen LogP) is 4.65. The standard InChI is InChI=1S/C20H18N4OS/c25-19(9-4-10-20-23-17-7-1-2-8-18(17)26-20)22-15-6-3-5-14(13-15)16-11-12-21-24-16/h1-3,5-8,11-13H,4,9-10H2,(H,21,24)(H,22,25). The molecule has 4 aromatic rings. The quantitative estimate of drug-likeness (QED) is 0.524. The molecular formula is C20H18N4OS. The van der Waals surface area contributed by atoms with Gasteiger partial charge in [-0.25, -0.2) is 4.98 Å². The second-order valence-electron chi connectivity index (χ2n) is 6.03. The Hall–Kier alpha value is -2.99. The van der Waals surface area contributed by atoms with Gasteiger partial charge in [-0.1, -0.05) is 24.3 Å². The number of para-hydroxylation sites is 1. The zero-order chi connectivity index (χ0) is 17.8. The summed E-state index contributed by atoms with van der Waals surface area (Å²) in [6.45, 7) is 0. The lowest BCUT2D eigenvalue weighted by Gasteiger charge is -2.06. The van der Waals surface area contributed by atoms with Crippen LogP contribution in [0.25, 0.3) is 21.5 Å². The van der Waals surface area contributed by atoms with Crippen LogP contribution in [0.5, 0.6) is 0 Å². The van der Waals surface area contributed by atoms with Gasteiger partial charge in [-0.3, -0.25) is 9.89 Å². The van der Waals surface area contributed by atoms with Crippen LogP contribution in [0.15, 0.2) is 60.8 Å². The van der Waals surface area contributed by atoms with Gasteiger partial charge in [-0.05, 0) is 43.2 Å². The fourth-order valence-electron chi connectivity index (χ4n) is 2.83. The molecule has 0 saturated carbocycles. The summed E-state index contributed by atoms with van der Waals surface area (Å²) in [5.41, 5.74) is 3.75. The molecule has 130 valence electrons. The van der Waals surface area contributed by atoms with Crippen molar-refractivity contribution < 1.29 is 4.79 Å². The van der Waals surface area contributed by atoms with Gasteiger partial charge in [-0.15, -0.1) is 11.3 Å². The fourth-order valence-corrected chi connectivity index (χ4v) is 3.84. The van der Waals surface area contributed by atoms with Gasteiger partial charge < -0.3 is 5.32 Å². The Morgan fingerprint density at radius 1 is 1.12 bits per heavy atom. The molecule has 2 aromatic carbocycles. The number of aromatic amines is 1. The molecule has 5 nitrogen and oxygen atoms in total. The number of fused-ring (bicyclic) bond motifs is 1. The van der Waals surface area contributed by atoms with Gasteiger partial charge >= 0.3 is 0 Å². The summed E-state index contributed by atoms with van der Waals surface area (Å²) in [6.07, 6.45) is 3.79. The Bertz CT molecular complexity index is 990. The molecule has 0 atom stereocenters. The monoisotopic (exact) mass is 362 g/mol. The Balaban J connectivity index is 1.32. The highest BCUT2D eigenvalue weighted by Crippen LogP contribution is 2.23. The highest BCUT2D eigenvalue weighted by atomic mass is 32.1. The second-order valence-corrected chi connectivity index (χ2v) is 7.14. The first-order chi connectivity index (χ1) is 12.8. The smallest absolute Gasteiger partial charge is 0.224 e. The van der Waals surface area contributed by atoms with E-state index in [9.17, 15) is 4.79 Å². The predicted molar refractivity (Wildman–Crippen MR) is 105 cm³/mol. The van der Waals surface area contributed by atoms with E-state index < -0.39 is 0 Å². The molecule has 0 fully saturated rings. The van der Waals surface area contributed by atoms with Crippen LogP contribution in [0.3, 0.4) is 0 Å². The maximum absolute atomic E-state index is 12.2. The molecule has 0 saturated heterocycles. The highest BCUT2D eigenvalue weighted by molar-refractivity contribution is 7.18. The number of thiazole rings is 1. The molecule has 0 unspecified atom stereocenters. The molecule has 0 aliphatic heterocycles. The minimum absolute atomic E-state index is 0.0212. The zero-order valence-corrected chi connectivity index (χ0v) is 14.9. The van der Waals surface area contributed by atoms with Crippen molar-refractivity contribution in [2.75, 3.05) is 5.32 Å². The molecule has 0 spiro atoms. The average Bonchev–Trinajstić information content (AvgIpc) is 3.31. The third-order valence-corrected chi connectivity index (χ3v) is 5.19. The summed E-state index contributed by atoms with van der Waals surface area (Å²) in [5, 5.41) is 10.9. The molecule has 1 amide bonds. The molecule has 0 aliphatic carbocycles. The summed E-state index contributed by atoms with van der Waals surface area (Å²) in [7, 11) is 0. The topological polar surface area (TPSA) is 70.7 Å². The molecule has 2 heterocycles. The third kappa shape index (κ3) is 3.81. The Morgan fingerprint density at radius 3 is 2.88 bits per heavy atom. The SMILES string of the molecule is O=C(CCCc1nc2ccccc2s1)Nc1cccc(-c2ccn[nH]2)c1. The minimum Gasteiger partial charge on any atom is -0.326 e. The number of benzene rings is 2. The zero-order valence-electron chi connectivity index (χ0n) is 14.1. The van der Waals surface area contributed by atoms with E-state index in [1.165, 1.54) is 4.70 Å². The van der Waals surface area contributed by atoms with Crippen LogP contribution in [0.4, 0.5) is 5.69 Å². The number of H-pyrrole nitrogens is 1. The van der Waals surface area contributed by atoms with E-state index >= 15 is 0 Å². The largest absolute Gasteiger partial charge is 0.326 e. The first kappa shape index (κ1) is 16.5. The van der Waals surface area contributed by atoms with Crippen molar-refractivity contribution in [3.63, 3.8) is 0 Å². The Kier molecular flexibility index (Phi) is 4.75. The first-order valence-electron chi connectivity index (χ1n) is 8.52. The Morgan fingerprint density at radius 2 is 2.04 bits per heavy atom. The number of aryl methyl sites for hydroxylation is 1. The molecule has 0 bridgehead atoms. The lowest BCUT2D eigenvalue weighted by Crippen LogP contribution is -2.11. The van der Waals surface area contributed by atoms with Crippen LogP contribution in [0.1, 0.15) is 17.8 Å². The first-order valence-corrected chi connectivity index (χ1v) is 9.34. The van der Waals surface area contributed by atoms with Gasteiger partial charge in [0.2, 0.25) is 5.91 Å². The molecule has 2 N–H and O–H groups in total. The third-order valence-electron chi connectivity index (χ3n) is 4.09. The van der Waals surface area contributed by atoms with Gasteiger partial charge in [0, 0.05) is 23.9 Å². The Labute approximate surface area is 155 Å². The van der Waals surface area contributed by atoms with Crippen molar-refractivity contribution in [3.8, 4) is 11.3 Å². The van der Waals surface area contributed by atoms with Crippen molar-refractivity contribution >= 4 is 33.1 Å². The van der Waals surface area contributed by atoms with E-state index in [0.29, 0.717) is 6.42 Å². The number of nitrogens with zero attached hydrogens (tertiary/aromatic N) is 2. The van der Waals surface area contributed by atoms with E-state index in [4.69, 9.17) is 0 Å². The number of hydrogen-bond acceptors (Lipinski definition) is 4. The summed E-state index contributed by atoms with van der Waals surface area (Å²) in [6, 6.07) is 17.8. The average molecular weight is 362 g/mol. The number of carbonyl (C=O) groups is 1. The summed E-state index contributed by atoms with van der Waals surface area (Å²) < 4.78 is 1.20. The van der Waals surface area contributed by atoms with Crippen molar-refractivity contribution in [2.24, 2.45) is 0 Å². The van der Waals surface area contributed by atoms with Crippen LogP contribution in [0.2, 0.25) is 0 Å². The minimum atomic E-state index is 0.0212. The highest BCUT2D eigenvalue weighted by Gasteiger charge is 2.07. The van der Waals surface area contributed by atoms with Crippen molar-refractivity contribution in [3.05, 3.63) is 65.8 Å². The number of carbonyl (C=O) groups excluding carboxylic acids is 1. The van der Waals surface area contributed by atoms with Gasteiger partial charge in [0.15, 0.2) is 0 Å². The molecule has 0 radical (unpaired) electrons. The molecule has 6 heteroatoms. The molecule has 0 aliphatic rings. The molecular weight excluding hydrogens is 344 g/mol. The van der Waals surface area contributed by atoms with Crippen LogP contribution < -0.4 is 5.32 Å². The van der Waals surface area contributed by atoms with Gasteiger partial charge in [0.25, 0.3) is 0 Å². The van der Waals surface area contributed by atoms with Gasteiger partial charge in [0.1, 0.15) is 0 Å².